The molecule has 1 aromatic heterocycles. The molecular weight excluding hydrogens is 350 g/mol. The number of amides is 1. The van der Waals surface area contributed by atoms with Crippen LogP contribution in [-0.2, 0) is 27.4 Å². The zero-order chi connectivity index (χ0) is 17.9. The van der Waals surface area contributed by atoms with Crippen LogP contribution in [0.3, 0.4) is 0 Å². The minimum Gasteiger partial charge on any atom is -0.482 e. The number of rotatable bonds is 5. The first-order valence-electron chi connectivity index (χ1n) is 8.35. The summed E-state index contributed by atoms with van der Waals surface area (Å²) in [4.78, 5) is 23.4. The second-order valence-electron chi connectivity index (χ2n) is 6.07. The number of benzene rings is 2. The summed E-state index contributed by atoms with van der Waals surface area (Å²) in [5.41, 5.74) is 2.82. The molecule has 1 N–H and O–H groups in total. The zero-order valence-electron chi connectivity index (χ0n) is 14.0. The third-order valence-electron chi connectivity index (χ3n) is 4.28. The van der Waals surface area contributed by atoms with Crippen LogP contribution < -0.4 is 10.1 Å². The molecule has 0 radical (unpaired) electrons. The Morgan fingerprint density at radius 3 is 2.96 bits per heavy atom. The highest BCUT2D eigenvalue weighted by Crippen LogP contribution is 2.27. The summed E-state index contributed by atoms with van der Waals surface area (Å²) in [5.74, 6) is 0.208. The van der Waals surface area contributed by atoms with Crippen molar-refractivity contribution in [3.63, 3.8) is 0 Å². The number of hydrogen-bond acceptors (Lipinski definition) is 5. The third kappa shape index (κ3) is 3.55. The monoisotopic (exact) mass is 367 g/mol. The van der Waals surface area contributed by atoms with Crippen LogP contribution in [0.15, 0.2) is 47.8 Å². The number of esters is 1. The van der Waals surface area contributed by atoms with Crippen LogP contribution in [0.4, 0.5) is 5.69 Å². The summed E-state index contributed by atoms with van der Waals surface area (Å²) in [6.07, 6.45) is 1.14. The maximum Gasteiger partial charge on any atom is 0.344 e. The predicted molar refractivity (Wildman–Crippen MR) is 101 cm³/mol. The molecule has 0 unspecified atom stereocenters. The number of carbonyl (C=O) groups excluding carboxylic acids is 2. The second kappa shape index (κ2) is 7.17. The van der Waals surface area contributed by atoms with Crippen molar-refractivity contribution in [3.8, 4) is 5.75 Å². The maximum absolute atomic E-state index is 12.0. The fraction of sp³-hybridized carbons (Fsp3) is 0.200. The molecule has 0 atom stereocenters. The molecule has 4 rings (SSSR count). The molecule has 1 aliphatic heterocycles. The molecule has 0 saturated carbocycles. The molecule has 132 valence electrons. The Labute approximate surface area is 154 Å². The van der Waals surface area contributed by atoms with Crippen LogP contribution in [0.25, 0.3) is 10.1 Å². The van der Waals surface area contributed by atoms with E-state index >= 15 is 0 Å². The van der Waals surface area contributed by atoms with Gasteiger partial charge in [-0.3, -0.25) is 4.79 Å². The van der Waals surface area contributed by atoms with Crippen LogP contribution >= 0.6 is 11.3 Å². The van der Waals surface area contributed by atoms with Crippen LogP contribution in [0.1, 0.15) is 17.5 Å². The smallest absolute Gasteiger partial charge is 0.344 e. The van der Waals surface area contributed by atoms with Crippen molar-refractivity contribution in [3.05, 3.63) is 59.0 Å². The van der Waals surface area contributed by atoms with Crippen LogP contribution in [-0.4, -0.2) is 18.5 Å². The van der Waals surface area contributed by atoms with Gasteiger partial charge in [-0.2, -0.15) is 0 Å². The fourth-order valence-electron chi connectivity index (χ4n) is 2.94. The van der Waals surface area contributed by atoms with E-state index < -0.39 is 5.97 Å². The average molecular weight is 367 g/mol. The molecule has 2 heterocycles. The number of ether oxygens (including phenoxy) is 2. The lowest BCUT2D eigenvalue weighted by atomic mass is 10.0. The number of thiophene rings is 1. The zero-order valence-corrected chi connectivity index (χ0v) is 14.8. The number of hydrogen-bond donors (Lipinski definition) is 1. The quantitative estimate of drug-likeness (QED) is 0.695. The Hall–Kier alpha value is -2.86. The summed E-state index contributed by atoms with van der Waals surface area (Å²) in [5, 5.41) is 5.94. The average Bonchev–Trinajstić information content (AvgIpc) is 3.08. The van der Waals surface area contributed by atoms with E-state index in [1.165, 1.54) is 4.70 Å². The van der Waals surface area contributed by atoms with Crippen molar-refractivity contribution < 1.29 is 19.1 Å². The van der Waals surface area contributed by atoms with Crippen molar-refractivity contribution in [2.24, 2.45) is 0 Å². The number of fused-ring (bicyclic) bond motifs is 2. The van der Waals surface area contributed by atoms with E-state index in [0.717, 1.165) is 22.2 Å². The topological polar surface area (TPSA) is 64.6 Å². The Balaban J connectivity index is 1.32. The van der Waals surface area contributed by atoms with Gasteiger partial charge in [-0.15, -0.1) is 11.3 Å². The first-order valence-corrected chi connectivity index (χ1v) is 9.23. The van der Waals surface area contributed by atoms with Gasteiger partial charge < -0.3 is 14.8 Å². The van der Waals surface area contributed by atoms with Crippen molar-refractivity contribution in [2.75, 3.05) is 11.9 Å². The molecule has 5 nitrogen and oxygen atoms in total. The number of aryl methyl sites for hydroxylation is 1. The van der Waals surface area contributed by atoms with E-state index in [9.17, 15) is 9.59 Å². The summed E-state index contributed by atoms with van der Waals surface area (Å²) in [6, 6.07) is 13.4. The highest BCUT2D eigenvalue weighted by Gasteiger charge is 2.15. The first-order chi connectivity index (χ1) is 12.7. The van der Waals surface area contributed by atoms with Gasteiger partial charge in [-0.1, -0.05) is 18.2 Å². The van der Waals surface area contributed by atoms with Gasteiger partial charge in [-0.05, 0) is 47.0 Å². The Morgan fingerprint density at radius 2 is 2.04 bits per heavy atom. The van der Waals surface area contributed by atoms with Crippen LogP contribution in [0, 0.1) is 0 Å². The molecule has 0 aliphatic carbocycles. The van der Waals surface area contributed by atoms with Crippen molar-refractivity contribution in [1.82, 2.24) is 0 Å². The lowest BCUT2D eigenvalue weighted by Gasteiger charge is -2.17. The number of nitrogens with one attached hydrogen (secondary N) is 1. The molecule has 26 heavy (non-hydrogen) atoms. The van der Waals surface area contributed by atoms with Gasteiger partial charge in [0.2, 0.25) is 5.91 Å². The van der Waals surface area contributed by atoms with E-state index in [-0.39, 0.29) is 19.1 Å². The minimum atomic E-state index is -0.411. The van der Waals surface area contributed by atoms with Crippen molar-refractivity contribution in [2.45, 2.75) is 19.4 Å². The van der Waals surface area contributed by atoms with Gasteiger partial charge in [0, 0.05) is 22.4 Å². The molecule has 2 aromatic carbocycles. The summed E-state index contributed by atoms with van der Waals surface area (Å²) >= 11 is 1.64. The van der Waals surface area contributed by atoms with Gasteiger partial charge in [0.25, 0.3) is 0 Å². The maximum atomic E-state index is 12.0. The molecule has 0 fully saturated rings. The first kappa shape index (κ1) is 16.6. The Kier molecular flexibility index (Phi) is 4.58. The Morgan fingerprint density at radius 1 is 1.15 bits per heavy atom. The van der Waals surface area contributed by atoms with Crippen LogP contribution in [0.2, 0.25) is 0 Å². The summed E-state index contributed by atoms with van der Waals surface area (Å²) < 4.78 is 12.0. The normalized spacial score (nSPS) is 13.2. The Bertz CT molecular complexity index is 979. The van der Waals surface area contributed by atoms with Gasteiger partial charge in [0.1, 0.15) is 12.4 Å². The second-order valence-corrected chi connectivity index (χ2v) is 6.98. The molecule has 6 heteroatoms. The lowest BCUT2D eigenvalue weighted by Crippen LogP contribution is -2.19. The van der Waals surface area contributed by atoms with Crippen molar-refractivity contribution >= 4 is 39.0 Å². The van der Waals surface area contributed by atoms with E-state index in [0.29, 0.717) is 18.6 Å². The van der Waals surface area contributed by atoms with E-state index in [4.69, 9.17) is 9.47 Å². The largest absolute Gasteiger partial charge is 0.482 e. The highest BCUT2D eigenvalue weighted by molar-refractivity contribution is 7.17. The minimum absolute atomic E-state index is 0.0238. The lowest BCUT2D eigenvalue weighted by molar-refractivity contribution is -0.147. The third-order valence-corrected chi connectivity index (χ3v) is 5.29. The highest BCUT2D eigenvalue weighted by atomic mass is 32.1. The molecule has 1 amide bonds. The van der Waals surface area contributed by atoms with Gasteiger partial charge >= 0.3 is 5.97 Å². The van der Waals surface area contributed by atoms with Crippen LogP contribution in [0.5, 0.6) is 5.75 Å². The van der Waals surface area contributed by atoms with E-state index in [1.807, 2.05) is 35.7 Å². The predicted octanol–water partition coefficient (Wildman–Crippen LogP) is 3.91. The molecule has 0 bridgehead atoms. The molecular formula is C20H17NO4S. The summed E-state index contributed by atoms with van der Waals surface area (Å²) in [6.45, 7) is 0.0929. The molecule has 0 saturated heterocycles. The summed E-state index contributed by atoms with van der Waals surface area (Å²) in [7, 11) is 0. The molecule has 1 aliphatic rings. The van der Waals surface area contributed by atoms with Gasteiger partial charge in [0.05, 0.1) is 0 Å². The number of carbonyl (C=O) groups is 2. The molecule has 3 aromatic rings. The number of anilines is 1. The molecule has 0 spiro atoms. The standard InChI is InChI=1S/C20H17NO4S/c22-19-8-5-13-9-15(6-7-17(13)21-19)24-11-20(23)25-10-14-12-26-18-4-2-1-3-16(14)18/h1-4,6-7,9,12H,5,8,10-11H2,(H,21,22). The van der Waals surface area contributed by atoms with Gasteiger partial charge in [0.15, 0.2) is 6.61 Å². The fourth-order valence-corrected chi connectivity index (χ4v) is 3.88. The van der Waals surface area contributed by atoms with Gasteiger partial charge in [-0.25, -0.2) is 4.79 Å². The van der Waals surface area contributed by atoms with Crippen molar-refractivity contribution in [1.29, 1.82) is 0 Å². The van der Waals surface area contributed by atoms with E-state index in [2.05, 4.69) is 5.32 Å². The SMILES string of the molecule is O=C1CCc2cc(OCC(=O)OCc3csc4ccccc34)ccc2N1. The van der Waals surface area contributed by atoms with E-state index in [1.54, 1.807) is 23.5 Å².